The predicted molar refractivity (Wildman–Crippen MR) is 59.8 cm³/mol. The molecule has 8 heteroatoms. The van der Waals surface area contributed by atoms with E-state index in [0.29, 0.717) is 17.7 Å². The van der Waals surface area contributed by atoms with Gasteiger partial charge in [-0.2, -0.15) is 0 Å². The summed E-state index contributed by atoms with van der Waals surface area (Å²) < 4.78 is 0. The lowest BCUT2D eigenvalue weighted by molar-refractivity contribution is -0.121. The minimum Gasteiger partial charge on any atom is -0.277 e. The van der Waals surface area contributed by atoms with Gasteiger partial charge in [0.05, 0.1) is 5.69 Å². The fraction of sp³-hybridized carbons (Fsp3) is 0.111. The number of hydrogen-bond donors (Lipinski definition) is 4. The van der Waals surface area contributed by atoms with E-state index in [2.05, 4.69) is 0 Å². The van der Waals surface area contributed by atoms with Gasteiger partial charge >= 0.3 is 6.03 Å². The summed E-state index contributed by atoms with van der Waals surface area (Å²) >= 11 is 0. The largest absolute Gasteiger partial charge is 0.350 e. The van der Waals surface area contributed by atoms with Gasteiger partial charge in [-0.15, -0.1) is 0 Å². The Morgan fingerprint density at radius 1 is 1.47 bits per heavy atom. The molecule has 0 aromatic heterocycles. The Kier molecular flexibility index (Phi) is 4.88. The monoisotopic (exact) mass is 239 g/mol. The van der Waals surface area contributed by atoms with E-state index in [1.807, 2.05) is 10.9 Å². The number of nitrogens with two attached hydrogens (primary N) is 2. The second kappa shape index (κ2) is 6.43. The number of nitrogens with zero attached hydrogens (tertiary/aromatic N) is 1. The van der Waals surface area contributed by atoms with E-state index >= 15 is 0 Å². The van der Waals surface area contributed by atoms with Gasteiger partial charge in [-0.1, -0.05) is 18.2 Å². The zero-order valence-electron chi connectivity index (χ0n) is 8.92. The maximum Gasteiger partial charge on any atom is 0.350 e. The standard InChI is InChI=1S/C9H13N5O3/c10-13-9(16)14(11)8-4-2-1-3-7(8)5-17-12-6-15/h1-4,6H,5,10-11H2,(H,12,15)(H,13,16). The maximum absolute atomic E-state index is 11.2. The highest BCUT2D eigenvalue weighted by Gasteiger charge is 2.13. The van der Waals surface area contributed by atoms with Crippen molar-refractivity contribution in [3.05, 3.63) is 29.8 Å². The summed E-state index contributed by atoms with van der Waals surface area (Å²) in [7, 11) is 0. The molecule has 1 rings (SSSR count). The number of nitrogens with one attached hydrogen (secondary N) is 2. The zero-order chi connectivity index (χ0) is 12.7. The molecule has 0 saturated heterocycles. The number of rotatable bonds is 5. The quantitative estimate of drug-likeness (QED) is 0.175. The molecule has 0 bridgehead atoms. The average Bonchev–Trinajstić information content (AvgIpc) is 2.38. The Labute approximate surface area is 97.4 Å². The molecule has 0 aliphatic rings. The first-order valence-electron chi connectivity index (χ1n) is 4.65. The molecule has 8 nitrogen and oxygen atoms in total. The second-order valence-electron chi connectivity index (χ2n) is 2.97. The Morgan fingerprint density at radius 3 is 2.82 bits per heavy atom. The number of amides is 3. The molecule has 92 valence electrons. The Hall–Kier alpha value is -2.16. The van der Waals surface area contributed by atoms with E-state index in [0.717, 1.165) is 5.01 Å². The first-order valence-corrected chi connectivity index (χ1v) is 4.65. The van der Waals surface area contributed by atoms with Gasteiger partial charge in [0.15, 0.2) is 0 Å². The number of carbonyl (C=O) groups excluding carboxylic acids is 2. The highest BCUT2D eigenvalue weighted by molar-refractivity contribution is 5.91. The van der Waals surface area contributed by atoms with E-state index in [-0.39, 0.29) is 6.61 Å². The average molecular weight is 239 g/mol. The van der Waals surface area contributed by atoms with Crippen LogP contribution in [0.3, 0.4) is 0 Å². The van der Waals surface area contributed by atoms with Crippen LogP contribution in [0.5, 0.6) is 0 Å². The van der Waals surface area contributed by atoms with E-state index < -0.39 is 6.03 Å². The number of urea groups is 1. The number of benzene rings is 1. The van der Waals surface area contributed by atoms with Crippen LogP contribution in [0.4, 0.5) is 10.5 Å². The number of hydrazine groups is 2. The molecule has 0 fully saturated rings. The molecule has 0 aliphatic heterocycles. The van der Waals surface area contributed by atoms with Gasteiger partial charge in [0.1, 0.15) is 6.61 Å². The molecule has 1 aromatic rings. The summed E-state index contributed by atoms with van der Waals surface area (Å²) in [5, 5.41) is 0.847. The molecule has 1 aromatic carbocycles. The highest BCUT2D eigenvalue weighted by atomic mass is 16.6. The number of carbonyl (C=O) groups is 2. The van der Waals surface area contributed by atoms with Gasteiger partial charge in [-0.3, -0.25) is 15.1 Å². The lowest BCUT2D eigenvalue weighted by Crippen LogP contribution is -2.48. The van der Waals surface area contributed by atoms with Gasteiger partial charge in [-0.25, -0.2) is 27.0 Å². The fourth-order valence-corrected chi connectivity index (χ4v) is 1.20. The normalized spacial score (nSPS) is 9.53. The van der Waals surface area contributed by atoms with Crippen molar-refractivity contribution < 1.29 is 14.4 Å². The summed E-state index contributed by atoms with van der Waals surface area (Å²) in [4.78, 5) is 26.1. The van der Waals surface area contributed by atoms with Gasteiger partial charge < -0.3 is 0 Å². The van der Waals surface area contributed by atoms with Crippen LogP contribution >= 0.6 is 0 Å². The minimum atomic E-state index is -0.666. The molecule has 0 atom stereocenters. The second-order valence-corrected chi connectivity index (χ2v) is 2.97. The molecular formula is C9H13N5O3. The molecule has 0 unspecified atom stereocenters. The van der Waals surface area contributed by atoms with Gasteiger partial charge in [-0.05, 0) is 6.07 Å². The third-order valence-corrected chi connectivity index (χ3v) is 1.95. The SMILES string of the molecule is NNC(=O)N(N)c1ccccc1CONC=O. The number of hydroxylamine groups is 1. The van der Waals surface area contributed by atoms with E-state index in [1.54, 1.807) is 24.3 Å². The Bertz CT molecular complexity index is 398. The van der Waals surface area contributed by atoms with Crippen molar-refractivity contribution in [2.45, 2.75) is 6.61 Å². The van der Waals surface area contributed by atoms with Crippen molar-refractivity contribution in [1.29, 1.82) is 0 Å². The number of anilines is 1. The summed E-state index contributed by atoms with van der Waals surface area (Å²) in [6, 6.07) is 6.11. The van der Waals surface area contributed by atoms with E-state index in [9.17, 15) is 9.59 Å². The molecule has 6 N–H and O–H groups in total. The van der Waals surface area contributed by atoms with Gasteiger partial charge in [0.2, 0.25) is 6.41 Å². The predicted octanol–water partition coefficient (Wildman–Crippen LogP) is -0.872. The zero-order valence-corrected chi connectivity index (χ0v) is 8.92. The van der Waals surface area contributed by atoms with Gasteiger partial charge in [0.25, 0.3) is 0 Å². The molecule has 0 spiro atoms. The van der Waals surface area contributed by atoms with Crippen LogP contribution in [0.1, 0.15) is 5.56 Å². The van der Waals surface area contributed by atoms with Crippen molar-refractivity contribution >= 4 is 18.1 Å². The van der Waals surface area contributed by atoms with Gasteiger partial charge in [0, 0.05) is 5.56 Å². The lowest BCUT2D eigenvalue weighted by atomic mass is 10.2. The summed E-state index contributed by atoms with van der Waals surface area (Å²) in [5.74, 6) is 10.5. The Balaban J connectivity index is 2.83. The lowest BCUT2D eigenvalue weighted by Gasteiger charge is -2.18. The van der Waals surface area contributed by atoms with Crippen molar-refractivity contribution in [2.75, 3.05) is 5.01 Å². The molecule has 3 amide bonds. The van der Waals surface area contributed by atoms with Crippen LogP contribution in [0.25, 0.3) is 0 Å². The van der Waals surface area contributed by atoms with E-state index in [1.165, 1.54) is 0 Å². The number of para-hydroxylation sites is 1. The van der Waals surface area contributed by atoms with Crippen LogP contribution in [-0.2, 0) is 16.2 Å². The molecular weight excluding hydrogens is 226 g/mol. The minimum absolute atomic E-state index is 0.0699. The van der Waals surface area contributed by atoms with Crippen LogP contribution in [-0.4, -0.2) is 12.4 Å². The molecule has 0 heterocycles. The van der Waals surface area contributed by atoms with E-state index in [4.69, 9.17) is 16.5 Å². The van der Waals surface area contributed by atoms with Crippen LogP contribution < -0.4 is 27.6 Å². The number of hydrogen-bond acceptors (Lipinski definition) is 5. The maximum atomic E-state index is 11.2. The third-order valence-electron chi connectivity index (χ3n) is 1.95. The van der Waals surface area contributed by atoms with Crippen molar-refractivity contribution in [3.63, 3.8) is 0 Å². The topological polar surface area (TPSA) is 123 Å². The smallest absolute Gasteiger partial charge is 0.277 e. The summed E-state index contributed by atoms with van der Waals surface area (Å²) in [6.07, 6.45) is 0.398. The Morgan fingerprint density at radius 2 is 2.18 bits per heavy atom. The molecule has 0 radical (unpaired) electrons. The molecule has 17 heavy (non-hydrogen) atoms. The van der Waals surface area contributed by atoms with Crippen molar-refractivity contribution in [3.8, 4) is 0 Å². The highest BCUT2D eigenvalue weighted by Crippen LogP contribution is 2.18. The van der Waals surface area contributed by atoms with Crippen LogP contribution in [0, 0.1) is 0 Å². The summed E-state index contributed by atoms with van der Waals surface area (Å²) in [5.41, 5.74) is 4.99. The van der Waals surface area contributed by atoms with Crippen LogP contribution in [0.15, 0.2) is 24.3 Å². The van der Waals surface area contributed by atoms with Crippen LogP contribution in [0.2, 0.25) is 0 Å². The first kappa shape index (κ1) is 12.9. The summed E-state index contributed by atoms with van der Waals surface area (Å²) in [6.45, 7) is 0.0699. The van der Waals surface area contributed by atoms with Crippen molar-refractivity contribution in [2.24, 2.45) is 11.7 Å². The first-order chi connectivity index (χ1) is 8.20. The van der Waals surface area contributed by atoms with Crippen molar-refractivity contribution in [1.82, 2.24) is 10.9 Å². The molecule has 0 saturated carbocycles. The fourth-order valence-electron chi connectivity index (χ4n) is 1.20. The third kappa shape index (κ3) is 3.41. The molecule has 0 aliphatic carbocycles.